The highest BCUT2D eigenvalue weighted by Crippen LogP contribution is 2.40. The Hall–Kier alpha value is -4.10. The lowest BCUT2D eigenvalue weighted by atomic mass is 9.92. The third kappa shape index (κ3) is 3.72. The van der Waals surface area contributed by atoms with E-state index in [9.17, 15) is 15.0 Å². The Balaban J connectivity index is 1.63. The fourth-order valence-electron chi connectivity index (χ4n) is 4.42. The number of aromatic hydroxyl groups is 1. The Bertz CT molecular complexity index is 1320. The van der Waals surface area contributed by atoms with Crippen LogP contribution in [0.2, 0.25) is 0 Å². The smallest absolute Gasteiger partial charge is 0.255 e. The quantitative estimate of drug-likeness (QED) is 0.418. The molecule has 3 N–H and O–H groups in total. The summed E-state index contributed by atoms with van der Waals surface area (Å²) in [5, 5.41) is 27.2. The summed E-state index contributed by atoms with van der Waals surface area (Å²) in [5.41, 5.74) is 5.61. The van der Waals surface area contributed by atoms with Crippen LogP contribution in [-0.2, 0) is 6.54 Å². The number of aromatic nitrogens is 2. The molecule has 33 heavy (non-hydrogen) atoms. The predicted octanol–water partition coefficient (Wildman–Crippen LogP) is 4.15. The van der Waals surface area contributed by atoms with Crippen LogP contribution in [0.4, 0.5) is 0 Å². The number of ether oxygens (including phenoxy) is 1. The lowest BCUT2D eigenvalue weighted by molar-refractivity contribution is 0.0615. The van der Waals surface area contributed by atoms with Gasteiger partial charge in [-0.25, -0.2) is 0 Å². The number of methoxy groups -OCH3 is 1. The van der Waals surface area contributed by atoms with Gasteiger partial charge in [0.1, 0.15) is 11.5 Å². The Morgan fingerprint density at radius 3 is 2.61 bits per heavy atom. The number of carbonyl (C=O) groups is 1. The van der Waals surface area contributed by atoms with Gasteiger partial charge in [0, 0.05) is 23.9 Å². The highest BCUT2D eigenvalue weighted by molar-refractivity contribution is 6.02. The maximum absolute atomic E-state index is 13.6. The number of nitrogens with one attached hydrogen (secondary N) is 1. The zero-order chi connectivity index (χ0) is 22.9. The van der Waals surface area contributed by atoms with E-state index in [2.05, 4.69) is 10.2 Å². The van der Waals surface area contributed by atoms with E-state index in [1.54, 1.807) is 42.6 Å². The minimum Gasteiger partial charge on any atom is -0.508 e. The molecule has 4 aromatic rings. The normalized spacial score (nSPS) is 13.8. The summed E-state index contributed by atoms with van der Waals surface area (Å²) >= 11 is 0. The molecule has 1 aromatic heterocycles. The molecule has 0 spiro atoms. The molecule has 0 aliphatic carbocycles. The number of amides is 1. The van der Waals surface area contributed by atoms with Gasteiger partial charge in [0.2, 0.25) is 0 Å². The highest BCUT2D eigenvalue weighted by atomic mass is 16.5. The van der Waals surface area contributed by atoms with Crippen LogP contribution >= 0.6 is 0 Å². The van der Waals surface area contributed by atoms with Crippen LogP contribution in [0, 0.1) is 0 Å². The van der Waals surface area contributed by atoms with Gasteiger partial charge in [0.15, 0.2) is 0 Å². The van der Waals surface area contributed by atoms with Crippen LogP contribution in [0.1, 0.15) is 27.5 Å². The van der Waals surface area contributed by atoms with E-state index in [0.717, 1.165) is 33.4 Å². The van der Waals surface area contributed by atoms with Crippen molar-refractivity contribution in [1.29, 1.82) is 0 Å². The number of H-pyrrole nitrogens is 1. The van der Waals surface area contributed by atoms with Crippen LogP contribution in [0.5, 0.6) is 11.5 Å². The summed E-state index contributed by atoms with van der Waals surface area (Å²) in [6.07, 6.45) is 3.48. The van der Waals surface area contributed by atoms with Crippen molar-refractivity contribution in [3.05, 3.63) is 89.7 Å². The fourth-order valence-corrected chi connectivity index (χ4v) is 4.42. The lowest BCUT2D eigenvalue weighted by Crippen LogP contribution is -2.31. The number of fused-ring (bicyclic) bond motifs is 1. The monoisotopic (exact) mass is 441 g/mol. The molecule has 1 amide bonds. The summed E-state index contributed by atoms with van der Waals surface area (Å²) in [5.74, 6) is 0.664. The van der Waals surface area contributed by atoms with Crippen LogP contribution in [0.3, 0.4) is 0 Å². The highest BCUT2D eigenvalue weighted by Gasteiger charge is 2.35. The number of hydrogen-bond donors (Lipinski definition) is 3. The Labute approximate surface area is 190 Å². The third-order valence-electron chi connectivity index (χ3n) is 6.09. The number of phenolic OH excluding ortho intramolecular Hbond substituents is 1. The van der Waals surface area contributed by atoms with E-state index in [0.29, 0.717) is 17.9 Å². The first-order valence-corrected chi connectivity index (χ1v) is 10.6. The summed E-state index contributed by atoms with van der Waals surface area (Å²) in [4.78, 5) is 15.3. The molecule has 0 bridgehead atoms. The molecule has 7 nitrogen and oxygen atoms in total. The lowest BCUT2D eigenvalue weighted by Gasteiger charge is -2.27. The summed E-state index contributed by atoms with van der Waals surface area (Å²) in [6.45, 7) is 0.121. The van der Waals surface area contributed by atoms with Crippen molar-refractivity contribution in [3.8, 4) is 33.8 Å². The molecule has 7 heteroatoms. The maximum atomic E-state index is 13.6. The number of carbonyl (C=O) groups excluding carboxylic acids is 1. The first-order chi connectivity index (χ1) is 16.1. The van der Waals surface area contributed by atoms with Crippen LogP contribution in [-0.4, -0.2) is 44.9 Å². The Morgan fingerprint density at radius 1 is 1.06 bits per heavy atom. The number of benzene rings is 3. The van der Waals surface area contributed by atoms with Gasteiger partial charge in [0.05, 0.1) is 26.0 Å². The number of aliphatic hydroxyl groups excluding tert-OH is 1. The molecule has 1 atom stereocenters. The average molecular weight is 441 g/mol. The van der Waals surface area contributed by atoms with Crippen molar-refractivity contribution in [2.75, 3.05) is 13.7 Å². The topological polar surface area (TPSA) is 98.7 Å². The molecule has 0 fully saturated rings. The first kappa shape index (κ1) is 20.8. The van der Waals surface area contributed by atoms with E-state index in [1.807, 2.05) is 42.5 Å². The Kier molecular flexibility index (Phi) is 5.32. The van der Waals surface area contributed by atoms with Crippen LogP contribution < -0.4 is 4.74 Å². The van der Waals surface area contributed by atoms with Crippen molar-refractivity contribution >= 4 is 5.91 Å². The van der Waals surface area contributed by atoms with Gasteiger partial charge in [-0.15, -0.1) is 0 Å². The SMILES string of the molecule is COc1cccc(C(CO)N2Cc3c(cc(-c4cn[nH]c4)cc3-c3cccc(O)c3)C2=O)c1. The summed E-state index contributed by atoms with van der Waals surface area (Å²) in [7, 11) is 1.59. The number of aliphatic hydroxyl groups is 1. The van der Waals surface area contributed by atoms with Gasteiger partial charge in [0.25, 0.3) is 5.91 Å². The average Bonchev–Trinajstić information content (AvgIpc) is 3.48. The minimum absolute atomic E-state index is 0.153. The molecule has 1 unspecified atom stereocenters. The number of nitrogens with zero attached hydrogens (tertiary/aromatic N) is 2. The van der Waals surface area contributed by atoms with E-state index in [4.69, 9.17) is 4.74 Å². The van der Waals surface area contributed by atoms with Crippen molar-refractivity contribution in [3.63, 3.8) is 0 Å². The zero-order valence-corrected chi connectivity index (χ0v) is 18.0. The number of hydrogen-bond acceptors (Lipinski definition) is 5. The van der Waals surface area contributed by atoms with Crippen molar-refractivity contribution in [2.24, 2.45) is 0 Å². The Morgan fingerprint density at radius 2 is 1.88 bits per heavy atom. The van der Waals surface area contributed by atoms with Gasteiger partial charge in [-0.1, -0.05) is 24.3 Å². The predicted molar refractivity (Wildman–Crippen MR) is 124 cm³/mol. The van der Waals surface area contributed by atoms with Gasteiger partial charge in [-0.05, 0) is 64.2 Å². The molecule has 1 aliphatic rings. The second-order valence-corrected chi connectivity index (χ2v) is 8.00. The molecule has 0 radical (unpaired) electrons. The number of phenols is 1. The molecule has 166 valence electrons. The first-order valence-electron chi connectivity index (χ1n) is 10.6. The molecule has 3 aromatic carbocycles. The number of aromatic amines is 1. The zero-order valence-electron chi connectivity index (χ0n) is 18.0. The van der Waals surface area contributed by atoms with Crippen molar-refractivity contribution in [2.45, 2.75) is 12.6 Å². The van der Waals surface area contributed by atoms with Gasteiger partial charge >= 0.3 is 0 Å². The standard InChI is InChI=1S/C26H23N3O4/c1-33-21-7-3-5-17(9-21)25(15-30)29-14-24-22(16-4-2-6-20(31)8-16)10-18(11-23(24)26(29)32)19-12-27-28-13-19/h2-13,25,30-31H,14-15H2,1H3,(H,27,28). The largest absolute Gasteiger partial charge is 0.508 e. The molecule has 1 aliphatic heterocycles. The van der Waals surface area contributed by atoms with Crippen LogP contribution in [0.25, 0.3) is 22.3 Å². The van der Waals surface area contributed by atoms with E-state index >= 15 is 0 Å². The van der Waals surface area contributed by atoms with E-state index in [1.165, 1.54) is 0 Å². The molecular weight excluding hydrogens is 418 g/mol. The number of rotatable bonds is 6. The van der Waals surface area contributed by atoms with E-state index < -0.39 is 6.04 Å². The van der Waals surface area contributed by atoms with Crippen molar-refractivity contribution < 1.29 is 19.7 Å². The van der Waals surface area contributed by atoms with Gasteiger partial charge in [-0.3, -0.25) is 9.89 Å². The third-order valence-corrected chi connectivity index (χ3v) is 6.09. The van der Waals surface area contributed by atoms with Crippen LogP contribution in [0.15, 0.2) is 73.1 Å². The second-order valence-electron chi connectivity index (χ2n) is 8.00. The molecule has 5 rings (SSSR count). The second kappa shape index (κ2) is 8.44. The van der Waals surface area contributed by atoms with Gasteiger partial charge in [-0.2, -0.15) is 5.10 Å². The van der Waals surface area contributed by atoms with Gasteiger partial charge < -0.3 is 19.8 Å². The maximum Gasteiger partial charge on any atom is 0.255 e. The summed E-state index contributed by atoms with van der Waals surface area (Å²) in [6, 6.07) is 17.7. The fraction of sp³-hybridized carbons (Fsp3) is 0.154. The summed E-state index contributed by atoms with van der Waals surface area (Å²) < 4.78 is 5.33. The molecule has 2 heterocycles. The molecule has 0 saturated heterocycles. The van der Waals surface area contributed by atoms with Crippen molar-refractivity contribution in [1.82, 2.24) is 15.1 Å². The molecule has 0 saturated carbocycles. The van der Waals surface area contributed by atoms with E-state index in [-0.39, 0.29) is 18.3 Å². The minimum atomic E-state index is -0.519. The molecular formula is C26H23N3O4.